The largest absolute Gasteiger partial charge is 0.402 e. The van der Waals surface area contributed by atoms with Crippen LogP contribution in [0.25, 0.3) is 0 Å². The van der Waals surface area contributed by atoms with Crippen LogP contribution in [0.4, 0.5) is 0 Å². The van der Waals surface area contributed by atoms with Crippen LogP contribution in [0.3, 0.4) is 0 Å². The Kier molecular flexibility index (Phi) is 7.39. The van der Waals surface area contributed by atoms with Gasteiger partial charge in [0.05, 0.1) is 6.10 Å². The average Bonchev–Trinajstić information content (AvgIpc) is 3.73. The fraction of sp³-hybridized carbons (Fsp3) is 0.441. The summed E-state index contributed by atoms with van der Waals surface area (Å²) in [5, 5.41) is 2.61. The Hall–Kier alpha value is -2.89. The van der Waals surface area contributed by atoms with Crippen LogP contribution in [0.5, 0.6) is 0 Å². The Balaban J connectivity index is 1.48. The first-order chi connectivity index (χ1) is 19.0. The molecule has 2 aliphatic heterocycles. The van der Waals surface area contributed by atoms with Gasteiger partial charge in [-0.3, -0.25) is 0 Å². The predicted octanol–water partition coefficient (Wildman–Crippen LogP) is 5.78. The van der Waals surface area contributed by atoms with E-state index in [1.54, 1.807) is 0 Å². The lowest BCUT2D eigenvalue weighted by Gasteiger charge is -2.45. The van der Waals surface area contributed by atoms with Gasteiger partial charge in [-0.1, -0.05) is 106 Å². The van der Waals surface area contributed by atoms with E-state index in [0.29, 0.717) is 0 Å². The van der Waals surface area contributed by atoms with Gasteiger partial charge in [-0.2, -0.15) is 0 Å². The average molecular weight is 538 g/mol. The molecule has 2 atom stereocenters. The van der Waals surface area contributed by atoms with Crippen LogP contribution in [-0.2, 0) is 10.8 Å². The number of benzene rings is 3. The number of hydrogen-bond acceptors (Lipinski definition) is 2. The molecule has 1 aliphatic carbocycles. The molecular weight excluding hydrogens is 494 g/mol. The summed E-state index contributed by atoms with van der Waals surface area (Å²) in [6, 6.07) is 31.1. The molecule has 204 valence electrons. The molecule has 3 aromatic rings. The standard InChI is InChI=1S/C34H43N3OSi/c1-34(2,3)39(28-17-6-4-7-18-28,29-19-8-5-9-20-29)38-31-26-27-16-10-11-21-30(27)32(31)35-33(36-22-12-13-23-36)37-24-14-15-25-37/h4-11,16-21,31-32H,12-15,22-26H2,1-3H3/t31-,32-/m1/s1. The fourth-order valence-corrected chi connectivity index (χ4v) is 11.7. The summed E-state index contributed by atoms with van der Waals surface area (Å²) in [7, 11) is -2.71. The molecule has 2 fully saturated rings. The van der Waals surface area contributed by atoms with Gasteiger partial charge in [0.25, 0.3) is 8.32 Å². The number of aliphatic imine (C=N–C) groups is 1. The lowest BCUT2D eigenvalue weighted by molar-refractivity contribution is 0.170. The molecule has 39 heavy (non-hydrogen) atoms. The number of guanidine groups is 1. The summed E-state index contributed by atoms with van der Waals surface area (Å²) in [6.45, 7) is 11.6. The van der Waals surface area contributed by atoms with E-state index in [4.69, 9.17) is 9.42 Å². The number of rotatable bonds is 5. The van der Waals surface area contributed by atoms with E-state index in [1.165, 1.54) is 53.1 Å². The second-order valence-corrected chi connectivity index (χ2v) is 16.7. The van der Waals surface area contributed by atoms with Gasteiger partial charge in [0.2, 0.25) is 0 Å². The number of fused-ring (bicyclic) bond motifs is 1. The van der Waals surface area contributed by atoms with Gasteiger partial charge in [0.1, 0.15) is 6.04 Å². The van der Waals surface area contributed by atoms with Gasteiger partial charge in [0, 0.05) is 32.6 Å². The van der Waals surface area contributed by atoms with Gasteiger partial charge in [-0.15, -0.1) is 0 Å². The van der Waals surface area contributed by atoms with Gasteiger partial charge in [-0.05, 0) is 52.2 Å². The maximum atomic E-state index is 7.75. The number of hydrogen-bond donors (Lipinski definition) is 0. The molecule has 5 heteroatoms. The normalized spacial score (nSPS) is 21.3. The molecule has 2 saturated heterocycles. The zero-order valence-electron chi connectivity index (χ0n) is 23.9. The van der Waals surface area contributed by atoms with Gasteiger partial charge in [-0.25, -0.2) is 4.99 Å². The minimum Gasteiger partial charge on any atom is -0.402 e. The zero-order valence-corrected chi connectivity index (χ0v) is 24.9. The number of nitrogens with zero attached hydrogens (tertiary/aromatic N) is 3. The maximum Gasteiger partial charge on any atom is 0.261 e. The van der Waals surface area contributed by atoms with Gasteiger partial charge < -0.3 is 14.2 Å². The second kappa shape index (κ2) is 10.9. The Labute approximate surface area is 235 Å². The molecule has 0 radical (unpaired) electrons. The van der Waals surface area contributed by atoms with Crippen molar-refractivity contribution in [3.8, 4) is 0 Å². The van der Waals surface area contributed by atoms with Crippen molar-refractivity contribution in [1.29, 1.82) is 0 Å². The monoisotopic (exact) mass is 537 g/mol. The Bertz CT molecular complexity index is 1220. The summed E-state index contributed by atoms with van der Waals surface area (Å²) in [6.07, 6.45) is 5.94. The molecule has 0 unspecified atom stereocenters. The van der Waals surface area contributed by atoms with Crippen molar-refractivity contribution in [2.75, 3.05) is 26.2 Å². The van der Waals surface area contributed by atoms with E-state index in [-0.39, 0.29) is 17.2 Å². The van der Waals surface area contributed by atoms with E-state index in [2.05, 4.69) is 116 Å². The molecular formula is C34H43N3OSi. The number of likely N-dealkylation sites (tertiary alicyclic amines) is 2. The molecule has 4 nitrogen and oxygen atoms in total. The minimum absolute atomic E-state index is 0.000880. The predicted molar refractivity (Wildman–Crippen MR) is 164 cm³/mol. The topological polar surface area (TPSA) is 28.1 Å². The molecule has 0 bridgehead atoms. The van der Waals surface area contributed by atoms with Crippen LogP contribution >= 0.6 is 0 Å². The SMILES string of the molecule is CC(C)(C)[Si](O[C@@H]1Cc2ccccc2[C@H]1N=C(N1CCCC1)N1CCCC1)(c1ccccc1)c1ccccc1. The van der Waals surface area contributed by atoms with E-state index in [1.807, 2.05) is 0 Å². The highest BCUT2D eigenvalue weighted by Gasteiger charge is 2.53. The third-order valence-electron chi connectivity index (χ3n) is 8.92. The third-order valence-corrected chi connectivity index (χ3v) is 14.0. The Morgan fingerprint density at radius 1 is 0.718 bits per heavy atom. The van der Waals surface area contributed by atoms with Crippen LogP contribution in [-0.4, -0.2) is 56.4 Å². The Morgan fingerprint density at radius 3 is 1.72 bits per heavy atom. The van der Waals surface area contributed by atoms with Crippen LogP contribution in [0.2, 0.25) is 5.04 Å². The fourth-order valence-electron chi connectivity index (χ4n) is 7.04. The van der Waals surface area contributed by atoms with Crippen LogP contribution in [0.1, 0.15) is 63.6 Å². The van der Waals surface area contributed by atoms with E-state index in [0.717, 1.165) is 32.6 Å². The summed E-state index contributed by atoms with van der Waals surface area (Å²) in [4.78, 5) is 10.8. The second-order valence-electron chi connectivity index (χ2n) is 12.5. The van der Waals surface area contributed by atoms with E-state index in [9.17, 15) is 0 Å². The lowest BCUT2D eigenvalue weighted by atomic mass is 10.1. The highest BCUT2D eigenvalue weighted by molar-refractivity contribution is 6.99. The maximum absolute atomic E-state index is 7.75. The first kappa shape index (κ1) is 26.3. The summed E-state index contributed by atoms with van der Waals surface area (Å²) < 4.78 is 7.75. The highest BCUT2D eigenvalue weighted by Crippen LogP contribution is 2.43. The molecule has 2 heterocycles. The van der Waals surface area contributed by atoms with E-state index >= 15 is 0 Å². The molecule has 0 N–H and O–H groups in total. The van der Waals surface area contributed by atoms with Crippen molar-refractivity contribution in [1.82, 2.24) is 9.80 Å². The van der Waals surface area contributed by atoms with Crippen LogP contribution < -0.4 is 10.4 Å². The first-order valence-corrected chi connectivity index (χ1v) is 16.8. The van der Waals surface area contributed by atoms with Crippen molar-refractivity contribution < 1.29 is 4.43 Å². The summed E-state index contributed by atoms with van der Waals surface area (Å²) >= 11 is 0. The molecule has 0 spiro atoms. The zero-order chi connectivity index (χ0) is 26.9. The van der Waals surface area contributed by atoms with Crippen molar-refractivity contribution in [2.45, 2.75) is 70.1 Å². The molecule has 0 aromatic heterocycles. The third kappa shape index (κ3) is 4.96. The lowest BCUT2D eigenvalue weighted by Crippen LogP contribution is -2.68. The summed E-state index contributed by atoms with van der Waals surface area (Å²) in [5.41, 5.74) is 2.73. The van der Waals surface area contributed by atoms with Crippen molar-refractivity contribution in [2.24, 2.45) is 4.99 Å². The van der Waals surface area contributed by atoms with Gasteiger partial charge >= 0.3 is 0 Å². The van der Waals surface area contributed by atoms with Gasteiger partial charge in [0.15, 0.2) is 5.96 Å². The van der Waals surface area contributed by atoms with Crippen molar-refractivity contribution in [3.05, 3.63) is 96.1 Å². The smallest absolute Gasteiger partial charge is 0.261 e. The van der Waals surface area contributed by atoms with Crippen LogP contribution in [0.15, 0.2) is 89.9 Å². The van der Waals surface area contributed by atoms with E-state index < -0.39 is 8.32 Å². The molecule has 6 rings (SSSR count). The molecule has 0 amide bonds. The minimum atomic E-state index is -2.71. The summed E-state index contributed by atoms with van der Waals surface area (Å²) in [5.74, 6) is 1.21. The quantitative estimate of drug-likeness (QED) is 0.235. The van der Waals surface area contributed by atoms with Crippen molar-refractivity contribution >= 4 is 24.7 Å². The Morgan fingerprint density at radius 2 is 1.21 bits per heavy atom. The highest BCUT2D eigenvalue weighted by atomic mass is 28.4. The molecule has 3 aromatic carbocycles. The first-order valence-electron chi connectivity index (χ1n) is 14.9. The molecule has 0 saturated carbocycles. The van der Waals surface area contributed by atoms with Crippen molar-refractivity contribution in [3.63, 3.8) is 0 Å². The van der Waals surface area contributed by atoms with Crippen LogP contribution in [0, 0.1) is 0 Å². The molecule has 3 aliphatic rings.